The number of H-pyrrole nitrogens is 1. The maximum absolute atomic E-state index is 15.1. The summed E-state index contributed by atoms with van der Waals surface area (Å²) in [5.74, 6) is 0.221. The number of benzene rings is 1. The van der Waals surface area contributed by atoms with Gasteiger partial charge in [0.2, 0.25) is 0 Å². The van der Waals surface area contributed by atoms with Crippen molar-refractivity contribution in [1.29, 1.82) is 0 Å². The van der Waals surface area contributed by atoms with Gasteiger partial charge in [0.15, 0.2) is 0 Å². The van der Waals surface area contributed by atoms with Crippen LogP contribution in [0.5, 0.6) is 0 Å². The van der Waals surface area contributed by atoms with Gasteiger partial charge in [-0.3, -0.25) is 4.90 Å². The van der Waals surface area contributed by atoms with Crippen LogP contribution in [0.3, 0.4) is 0 Å². The standard InChI is InChI=1S/C24H33BFN3O4/c1-22(2,3)31-21(30)29-12-8-9-19(29)20-27-14-18(28-20)16-11-10-15(13-17(16)26)25-32-23(4,5)24(6,7)33-25/h10-11,13-14,19H,8-9,12H2,1-7H3,(H,27,28)/t19-/m0/s1. The van der Waals surface area contributed by atoms with Crippen molar-refractivity contribution in [2.45, 2.75) is 84.2 Å². The molecule has 4 rings (SSSR count). The van der Waals surface area contributed by atoms with E-state index in [1.54, 1.807) is 23.2 Å². The Bertz CT molecular complexity index is 1030. The quantitative estimate of drug-likeness (QED) is 0.683. The summed E-state index contributed by atoms with van der Waals surface area (Å²) in [6.07, 6.45) is 2.95. The largest absolute Gasteiger partial charge is 0.494 e. The predicted molar refractivity (Wildman–Crippen MR) is 125 cm³/mol. The molecule has 2 aliphatic heterocycles. The number of amides is 1. The lowest BCUT2D eigenvalue weighted by atomic mass is 9.78. The fourth-order valence-corrected chi connectivity index (χ4v) is 4.10. The molecule has 9 heteroatoms. The first-order valence-corrected chi connectivity index (χ1v) is 11.5. The molecule has 2 aliphatic rings. The number of hydrogen-bond donors (Lipinski definition) is 1. The minimum Gasteiger partial charge on any atom is -0.444 e. The number of aromatic amines is 1. The Balaban J connectivity index is 1.53. The van der Waals surface area contributed by atoms with Crippen LogP contribution in [0.2, 0.25) is 0 Å². The summed E-state index contributed by atoms with van der Waals surface area (Å²) in [7, 11) is -0.630. The molecule has 2 fully saturated rings. The number of aromatic nitrogens is 2. The predicted octanol–water partition coefficient (Wildman–Crippen LogP) is 4.59. The lowest BCUT2D eigenvalue weighted by Crippen LogP contribution is -2.41. The number of halogens is 1. The van der Waals surface area contributed by atoms with Crippen LogP contribution in [0.15, 0.2) is 24.4 Å². The molecule has 7 nitrogen and oxygen atoms in total. The van der Waals surface area contributed by atoms with Gasteiger partial charge >= 0.3 is 13.2 Å². The minimum atomic E-state index is -0.630. The first-order chi connectivity index (χ1) is 15.3. The maximum Gasteiger partial charge on any atom is 0.494 e. The fourth-order valence-electron chi connectivity index (χ4n) is 4.10. The average Bonchev–Trinajstić information content (AvgIpc) is 3.38. The van der Waals surface area contributed by atoms with Gasteiger partial charge in [-0.15, -0.1) is 0 Å². The fraction of sp³-hybridized carbons (Fsp3) is 0.583. The summed E-state index contributed by atoms with van der Waals surface area (Å²) in [5, 5.41) is 0. The summed E-state index contributed by atoms with van der Waals surface area (Å²) < 4.78 is 32.7. The van der Waals surface area contributed by atoms with E-state index in [1.165, 1.54) is 6.07 Å². The molecule has 2 saturated heterocycles. The highest BCUT2D eigenvalue weighted by atomic mass is 19.1. The number of rotatable bonds is 3. The molecule has 3 heterocycles. The third-order valence-corrected chi connectivity index (χ3v) is 6.59. The van der Waals surface area contributed by atoms with Gasteiger partial charge in [0.25, 0.3) is 0 Å². The van der Waals surface area contributed by atoms with E-state index in [-0.39, 0.29) is 12.1 Å². The highest BCUT2D eigenvalue weighted by Crippen LogP contribution is 2.37. The van der Waals surface area contributed by atoms with Crippen LogP contribution in [-0.2, 0) is 14.0 Å². The Labute approximate surface area is 195 Å². The van der Waals surface area contributed by atoms with Crippen LogP contribution in [-0.4, -0.2) is 51.4 Å². The second-order valence-corrected chi connectivity index (χ2v) is 10.8. The Morgan fingerprint density at radius 3 is 2.52 bits per heavy atom. The van der Waals surface area contributed by atoms with Crippen LogP contribution in [0.25, 0.3) is 11.3 Å². The van der Waals surface area contributed by atoms with Gasteiger partial charge in [-0.05, 0) is 72.8 Å². The van der Waals surface area contributed by atoms with E-state index in [4.69, 9.17) is 14.0 Å². The number of hydrogen-bond acceptors (Lipinski definition) is 5. The van der Waals surface area contributed by atoms with Crippen molar-refractivity contribution in [1.82, 2.24) is 14.9 Å². The summed E-state index contributed by atoms with van der Waals surface area (Å²) in [5.41, 5.74) is -0.0760. The molecular formula is C24H33BFN3O4. The van der Waals surface area contributed by atoms with Gasteiger partial charge in [-0.1, -0.05) is 12.1 Å². The van der Waals surface area contributed by atoms with Crippen LogP contribution >= 0.6 is 0 Å². The molecule has 1 aromatic carbocycles. The SMILES string of the molecule is CC(C)(C)OC(=O)N1CCC[C@H]1c1nc(-c2ccc(B3OC(C)(C)C(C)(C)O3)cc2F)c[nH]1. The van der Waals surface area contributed by atoms with Crippen molar-refractivity contribution < 1.29 is 23.2 Å². The van der Waals surface area contributed by atoms with Crippen molar-refractivity contribution in [2.75, 3.05) is 6.54 Å². The smallest absolute Gasteiger partial charge is 0.444 e. The summed E-state index contributed by atoms with van der Waals surface area (Å²) in [6.45, 7) is 14.0. The molecule has 0 aliphatic carbocycles. The third-order valence-electron chi connectivity index (χ3n) is 6.59. The van der Waals surface area contributed by atoms with Crippen molar-refractivity contribution in [3.63, 3.8) is 0 Å². The lowest BCUT2D eigenvalue weighted by molar-refractivity contribution is 0.00578. The van der Waals surface area contributed by atoms with Gasteiger partial charge in [-0.2, -0.15) is 0 Å². The van der Waals surface area contributed by atoms with Crippen molar-refractivity contribution in [3.05, 3.63) is 36.0 Å². The Morgan fingerprint density at radius 1 is 1.24 bits per heavy atom. The highest BCUT2D eigenvalue weighted by molar-refractivity contribution is 6.62. The van der Waals surface area contributed by atoms with Crippen molar-refractivity contribution >= 4 is 18.7 Å². The molecule has 1 N–H and O–H groups in total. The van der Waals surface area contributed by atoms with Gasteiger partial charge in [0.1, 0.15) is 17.2 Å². The van der Waals surface area contributed by atoms with Crippen LogP contribution < -0.4 is 5.46 Å². The summed E-state index contributed by atoms with van der Waals surface area (Å²) in [4.78, 5) is 22.0. The molecular weight excluding hydrogens is 424 g/mol. The van der Waals surface area contributed by atoms with E-state index >= 15 is 4.39 Å². The van der Waals surface area contributed by atoms with Gasteiger partial charge < -0.3 is 19.0 Å². The van der Waals surface area contributed by atoms with Crippen LogP contribution in [0.1, 0.15) is 73.2 Å². The number of nitrogens with zero attached hydrogens (tertiary/aromatic N) is 2. The summed E-state index contributed by atoms with van der Waals surface area (Å²) in [6, 6.07) is 4.71. The molecule has 178 valence electrons. The average molecular weight is 457 g/mol. The molecule has 1 atom stereocenters. The van der Waals surface area contributed by atoms with Crippen molar-refractivity contribution in [3.8, 4) is 11.3 Å². The number of imidazole rings is 1. The maximum atomic E-state index is 15.1. The number of nitrogens with one attached hydrogen (secondary N) is 1. The first kappa shape index (κ1) is 23.8. The van der Waals surface area contributed by atoms with Crippen LogP contribution in [0.4, 0.5) is 9.18 Å². The second-order valence-electron chi connectivity index (χ2n) is 10.8. The summed E-state index contributed by atoms with van der Waals surface area (Å²) >= 11 is 0. The van der Waals surface area contributed by atoms with Gasteiger partial charge in [-0.25, -0.2) is 14.2 Å². The number of likely N-dealkylation sites (tertiary alicyclic amines) is 1. The molecule has 1 aromatic heterocycles. The molecule has 1 amide bonds. The van der Waals surface area contributed by atoms with E-state index < -0.39 is 29.7 Å². The third kappa shape index (κ3) is 4.66. The van der Waals surface area contributed by atoms with E-state index in [0.717, 1.165) is 12.8 Å². The van der Waals surface area contributed by atoms with Gasteiger partial charge in [0, 0.05) is 18.3 Å². The molecule has 33 heavy (non-hydrogen) atoms. The monoisotopic (exact) mass is 457 g/mol. The van der Waals surface area contributed by atoms with Crippen LogP contribution in [0, 0.1) is 5.82 Å². The number of carbonyl (C=O) groups excluding carboxylic acids is 1. The molecule has 0 spiro atoms. The van der Waals surface area contributed by atoms with E-state index in [2.05, 4.69) is 9.97 Å². The van der Waals surface area contributed by atoms with E-state index in [9.17, 15) is 4.79 Å². The number of carbonyl (C=O) groups is 1. The zero-order chi connectivity index (χ0) is 24.2. The number of ether oxygens (including phenoxy) is 1. The second kappa shape index (κ2) is 8.13. The molecule has 0 bridgehead atoms. The molecule has 2 aromatic rings. The molecule has 0 radical (unpaired) electrons. The molecule has 0 saturated carbocycles. The normalized spacial score (nSPS) is 22.1. The van der Waals surface area contributed by atoms with E-state index in [1.807, 2.05) is 48.5 Å². The lowest BCUT2D eigenvalue weighted by Gasteiger charge is -2.32. The Hall–Kier alpha value is -2.39. The zero-order valence-corrected chi connectivity index (χ0v) is 20.5. The zero-order valence-electron chi connectivity index (χ0n) is 20.5. The minimum absolute atomic E-state index is 0.222. The van der Waals surface area contributed by atoms with Gasteiger partial charge in [0.05, 0.1) is 22.9 Å². The van der Waals surface area contributed by atoms with E-state index in [0.29, 0.717) is 29.1 Å². The Morgan fingerprint density at radius 2 is 1.91 bits per heavy atom. The van der Waals surface area contributed by atoms with Crippen molar-refractivity contribution in [2.24, 2.45) is 0 Å². The highest BCUT2D eigenvalue weighted by Gasteiger charge is 2.51. The topological polar surface area (TPSA) is 76.7 Å². The first-order valence-electron chi connectivity index (χ1n) is 11.5. The Kier molecular flexibility index (Phi) is 5.85. The molecule has 0 unspecified atom stereocenters.